The predicted octanol–water partition coefficient (Wildman–Crippen LogP) is 3.43. The first-order valence-electron chi connectivity index (χ1n) is 7.26. The number of carbonyl (C=O) groups is 2. The second kappa shape index (κ2) is 8.82. The van der Waals surface area contributed by atoms with Gasteiger partial charge in [-0.15, -0.1) is 0 Å². The molecule has 0 heterocycles. The number of hydrogen-bond donors (Lipinski definition) is 2. The van der Waals surface area contributed by atoms with E-state index in [0.717, 1.165) is 17.7 Å². The van der Waals surface area contributed by atoms with E-state index >= 15 is 0 Å². The molecule has 1 aromatic rings. The molecule has 0 saturated heterocycles. The van der Waals surface area contributed by atoms with Gasteiger partial charge in [-0.05, 0) is 24.0 Å². The zero-order valence-electron chi connectivity index (χ0n) is 12.8. The number of anilines is 1. The fourth-order valence-electron chi connectivity index (χ4n) is 1.92. The summed E-state index contributed by atoms with van der Waals surface area (Å²) in [5.41, 5.74) is 1.96. The molecule has 2 amide bonds. The summed E-state index contributed by atoms with van der Waals surface area (Å²) < 4.78 is 0. The van der Waals surface area contributed by atoms with Crippen molar-refractivity contribution in [1.29, 1.82) is 0 Å². The molecule has 0 bridgehead atoms. The second-order valence-corrected chi connectivity index (χ2v) is 6.31. The standard InChI is InChI=1S/C16H23BrN2O2/c1-4-13(17)16(21)18-10-9-15(20)19-14-8-6-5-7-12(14)11(2)3/h5-8,11,13H,4,9-10H2,1-3H3,(H,18,21)(H,19,20)/t13-/m0/s1. The topological polar surface area (TPSA) is 58.2 Å². The molecule has 1 aromatic carbocycles. The van der Waals surface area contributed by atoms with E-state index in [1.54, 1.807) is 0 Å². The molecule has 0 aliphatic rings. The summed E-state index contributed by atoms with van der Waals surface area (Å²) in [6.45, 7) is 6.45. The Bertz CT molecular complexity index is 489. The third kappa shape index (κ3) is 5.87. The number of carbonyl (C=O) groups excluding carboxylic acids is 2. The zero-order chi connectivity index (χ0) is 15.8. The normalized spacial score (nSPS) is 12.0. The third-order valence-electron chi connectivity index (χ3n) is 3.15. The van der Waals surface area contributed by atoms with Gasteiger partial charge in [0.2, 0.25) is 11.8 Å². The first-order chi connectivity index (χ1) is 9.95. The van der Waals surface area contributed by atoms with Crippen molar-refractivity contribution in [2.45, 2.75) is 44.4 Å². The van der Waals surface area contributed by atoms with Gasteiger partial charge in [0.1, 0.15) is 0 Å². The van der Waals surface area contributed by atoms with Gasteiger partial charge >= 0.3 is 0 Å². The van der Waals surface area contributed by atoms with Gasteiger partial charge < -0.3 is 10.6 Å². The molecule has 0 radical (unpaired) electrons. The van der Waals surface area contributed by atoms with Crippen LogP contribution in [0.15, 0.2) is 24.3 Å². The van der Waals surface area contributed by atoms with Crippen molar-refractivity contribution in [2.75, 3.05) is 11.9 Å². The maximum atomic E-state index is 11.9. The Labute approximate surface area is 134 Å². The molecule has 2 N–H and O–H groups in total. The first-order valence-corrected chi connectivity index (χ1v) is 8.17. The molecule has 5 heteroatoms. The van der Waals surface area contributed by atoms with Gasteiger partial charge in [-0.2, -0.15) is 0 Å². The highest BCUT2D eigenvalue weighted by molar-refractivity contribution is 9.10. The van der Waals surface area contributed by atoms with Gasteiger partial charge in [-0.3, -0.25) is 9.59 Å². The summed E-state index contributed by atoms with van der Waals surface area (Å²) in [6.07, 6.45) is 0.987. The number of halogens is 1. The van der Waals surface area contributed by atoms with Crippen LogP contribution in [0.4, 0.5) is 5.69 Å². The molecule has 4 nitrogen and oxygen atoms in total. The van der Waals surface area contributed by atoms with E-state index in [4.69, 9.17) is 0 Å². The SMILES string of the molecule is CC[C@H](Br)C(=O)NCCC(=O)Nc1ccccc1C(C)C. The Morgan fingerprint density at radius 1 is 1.24 bits per heavy atom. The molecule has 0 aliphatic carbocycles. The van der Waals surface area contributed by atoms with E-state index in [2.05, 4.69) is 40.4 Å². The van der Waals surface area contributed by atoms with Gasteiger partial charge in [0.05, 0.1) is 4.83 Å². The van der Waals surface area contributed by atoms with E-state index in [-0.39, 0.29) is 23.1 Å². The molecular formula is C16H23BrN2O2. The van der Waals surface area contributed by atoms with Crippen molar-refractivity contribution in [3.8, 4) is 0 Å². The summed E-state index contributed by atoms with van der Waals surface area (Å²) in [7, 11) is 0. The minimum Gasteiger partial charge on any atom is -0.355 e. The van der Waals surface area contributed by atoms with Crippen LogP contribution in [-0.2, 0) is 9.59 Å². The van der Waals surface area contributed by atoms with Crippen LogP contribution >= 0.6 is 15.9 Å². The Kier molecular flexibility index (Phi) is 7.43. The molecule has 0 aromatic heterocycles. The van der Waals surface area contributed by atoms with Gasteiger partial charge in [-0.1, -0.05) is 54.9 Å². The summed E-state index contributed by atoms with van der Waals surface area (Å²) >= 11 is 3.28. The Morgan fingerprint density at radius 2 is 1.90 bits per heavy atom. The van der Waals surface area contributed by atoms with Crippen LogP contribution in [0.1, 0.15) is 45.1 Å². The maximum Gasteiger partial charge on any atom is 0.233 e. The van der Waals surface area contributed by atoms with Crippen LogP contribution in [0.3, 0.4) is 0 Å². The molecule has 21 heavy (non-hydrogen) atoms. The zero-order valence-corrected chi connectivity index (χ0v) is 14.4. The molecule has 0 spiro atoms. The maximum absolute atomic E-state index is 11.9. The smallest absolute Gasteiger partial charge is 0.233 e. The monoisotopic (exact) mass is 354 g/mol. The van der Waals surface area contributed by atoms with Crippen LogP contribution in [0.25, 0.3) is 0 Å². The van der Waals surface area contributed by atoms with Crippen LogP contribution in [-0.4, -0.2) is 23.2 Å². The van der Waals surface area contributed by atoms with Crippen LogP contribution < -0.4 is 10.6 Å². The summed E-state index contributed by atoms with van der Waals surface area (Å²) in [6, 6.07) is 7.78. The predicted molar refractivity (Wildman–Crippen MR) is 89.8 cm³/mol. The van der Waals surface area contributed by atoms with E-state index in [1.807, 2.05) is 31.2 Å². The molecular weight excluding hydrogens is 332 g/mol. The lowest BCUT2D eigenvalue weighted by atomic mass is 10.0. The van der Waals surface area contributed by atoms with E-state index < -0.39 is 0 Å². The number of hydrogen-bond acceptors (Lipinski definition) is 2. The van der Waals surface area contributed by atoms with Crippen molar-refractivity contribution in [3.63, 3.8) is 0 Å². The molecule has 0 aliphatic heterocycles. The fourth-order valence-corrected chi connectivity index (χ4v) is 2.08. The molecule has 0 unspecified atom stereocenters. The molecule has 0 fully saturated rings. The highest BCUT2D eigenvalue weighted by atomic mass is 79.9. The first kappa shape index (κ1) is 17.7. The average molecular weight is 355 g/mol. The van der Waals surface area contributed by atoms with Crippen molar-refractivity contribution in [1.82, 2.24) is 5.32 Å². The Hall–Kier alpha value is -1.36. The second-order valence-electron chi connectivity index (χ2n) is 5.21. The van der Waals surface area contributed by atoms with Gasteiger partial charge in [0, 0.05) is 18.7 Å². The number of rotatable bonds is 7. The largest absolute Gasteiger partial charge is 0.355 e. The third-order valence-corrected chi connectivity index (χ3v) is 4.21. The fraction of sp³-hybridized carbons (Fsp3) is 0.500. The number of amides is 2. The number of para-hydroxylation sites is 1. The summed E-state index contributed by atoms with van der Waals surface area (Å²) in [5.74, 6) is 0.179. The number of nitrogens with one attached hydrogen (secondary N) is 2. The van der Waals surface area contributed by atoms with E-state index in [0.29, 0.717) is 12.5 Å². The number of benzene rings is 1. The van der Waals surface area contributed by atoms with E-state index in [1.165, 1.54) is 0 Å². The number of alkyl halides is 1. The highest BCUT2D eigenvalue weighted by Gasteiger charge is 2.13. The minimum atomic E-state index is -0.192. The van der Waals surface area contributed by atoms with Crippen LogP contribution in [0.2, 0.25) is 0 Å². The molecule has 1 atom stereocenters. The lowest BCUT2D eigenvalue weighted by Gasteiger charge is -2.14. The van der Waals surface area contributed by atoms with Crippen LogP contribution in [0, 0.1) is 0 Å². The summed E-state index contributed by atoms with van der Waals surface area (Å²) in [5, 5.41) is 5.65. The van der Waals surface area contributed by atoms with Crippen molar-refractivity contribution >= 4 is 33.4 Å². The quantitative estimate of drug-likeness (QED) is 0.737. The minimum absolute atomic E-state index is 0.0760. The van der Waals surface area contributed by atoms with Gasteiger partial charge in [0.15, 0.2) is 0 Å². The highest BCUT2D eigenvalue weighted by Crippen LogP contribution is 2.23. The van der Waals surface area contributed by atoms with Gasteiger partial charge in [-0.25, -0.2) is 0 Å². The van der Waals surface area contributed by atoms with Crippen molar-refractivity contribution < 1.29 is 9.59 Å². The Balaban J connectivity index is 2.46. The molecule has 1 rings (SSSR count). The van der Waals surface area contributed by atoms with Crippen molar-refractivity contribution in [3.05, 3.63) is 29.8 Å². The Morgan fingerprint density at radius 3 is 2.52 bits per heavy atom. The van der Waals surface area contributed by atoms with Crippen molar-refractivity contribution in [2.24, 2.45) is 0 Å². The van der Waals surface area contributed by atoms with Gasteiger partial charge in [0.25, 0.3) is 0 Å². The molecule has 0 saturated carbocycles. The van der Waals surface area contributed by atoms with E-state index in [9.17, 15) is 9.59 Å². The summed E-state index contributed by atoms with van der Waals surface area (Å²) in [4.78, 5) is 23.3. The molecule has 116 valence electrons. The lowest BCUT2D eigenvalue weighted by Crippen LogP contribution is -2.33. The lowest BCUT2D eigenvalue weighted by molar-refractivity contribution is -0.120. The van der Waals surface area contributed by atoms with Crippen LogP contribution in [0.5, 0.6) is 0 Å². The average Bonchev–Trinajstić information content (AvgIpc) is 2.46.